The van der Waals surface area contributed by atoms with Crippen LogP contribution in [-0.2, 0) is 11.3 Å². The van der Waals surface area contributed by atoms with Gasteiger partial charge >= 0.3 is 5.97 Å². The maximum absolute atomic E-state index is 11.9. The topological polar surface area (TPSA) is 82.3 Å². The summed E-state index contributed by atoms with van der Waals surface area (Å²) in [7, 11) is 0. The molecule has 0 saturated heterocycles. The predicted molar refractivity (Wildman–Crippen MR) is 76.2 cm³/mol. The third-order valence-corrected chi connectivity index (χ3v) is 3.02. The maximum atomic E-state index is 11.9. The van der Waals surface area contributed by atoms with E-state index in [0.717, 1.165) is 0 Å². The van der Waals surface area contributed by atoms with Crippen LogP contribution in [-0.4, -0.2) is 15.9 Å². The molecule has 0 N–H and O–H groups in total. The monoisotopic (exact) mass is 306 g/mol. The summed E-state index contributed by atoms with van der Waals surface area (Å²) >= 11 is 5.65. The van der Waals surface area contributed by atoms with Crippen molar-refractivity contribution in [1.82, 2.24) is 4.98 Å². The highest BCUT2D eigenvalue weighted by molar-refractivity contribution is 6.29. The van der Waals surface area contributed by atoms with Crippen molar-refractivity contribution in [3.8, 4) is 0 Å². The zero-order valence-electron chi connectivity index (χ0n) is 11.1. The molecule has 21 heavy (non-hydrogen) atoms. The molecule has 1 aromatic carbocycles. The van der Waals surface area contributed by atoms with Crippen molar-refractivity contribution < 1.29 is 14.5 Å². The van der Waals surface area contributed by atoms with Crippen molar-refractivity contribution in [1.29, 1.82) is 0 Å². The summed E-state index contributed by atoms with van der Waals surface area (Å²) < 4.78 is 5.08. The van der Waals surface area contributed by atoms with Crippen LogP contribution in [0.25, 0.3) is 0 Å². The lowest BCUT2D eigenvalue weighted by Gasteiger charge is -2.05. The Bertz CT molecular complexity index is 686. The molecule has 0 saturated carbocycles. The zero-order valence-corrected chi connectivity index (χ0v) is 11.8. The van der Waals surface area contributed by atoms with E-state index in [1.54, 1.807) is 19.1 Å². The molecule has 0 spiro atoms. The summed E-state index contributed by atoms with van der Waals surface area (Å²) in [5.41, 5.74) is 1.18. The number of carbonyl (C=O) groups excluding carboxylic acids is 1. The fourth-order valence-corrected chi connectivity index (χ4v) is 1.77. The lowest BCUT2D eigenvalue weighted by molar-refractivity contribution is -0.385. The molecule has 2 rings (SSSR count). The highest BCUT2D eigenvalue weighted by Crippen LogP contribution is 2.20. The van der Waals surface area contributed by atoms with E-state index < -0.39 is 10.9 Å². The van der Waals surface area contributed by atoms with Gasteiger partial charge in [-0.05, 0) is 19.1 Å². The fraction of sp³-hybridized carbons (Fsp3) is 0.143. The van der Waals surface area contributed by atoms with E-state index in [-0.39, 0.29) is 17.9 Å². The summed E-state index contributed by atoms with van der Waals surface area (Å²) in [5, 5.41) is 11.2. The van der Waals surface area contributed by atoms with Gasteiger partial charge in [-0.3, -0.25) is 10.1 Å². The van der Waals surface area contributed by atoms with E-state index in [2.05, 4.69) is 4.98 Å². The minimum Gasteiger partial charge on any atom is -0.457 e. The first-order valence-electron chi connectivity index (χ1n) is 6.00. The standard InChI is InChI=1S/C14H11ClN2O4/c1-9-2-4-11(6-12(9)17(19)20)14(18)21-8-10-3-5-13(15)16-7-10/h2-7H,8H2,1H3. The first kappa shape index (κ1) is 14.9. The number of nitrogens with zero attached hydrogens (tertiary/aromatic N) is 2. The van der Waals surface area contributed by atoms with Gasteiger partial charge in [0.2, 0.25) is 0 Å². The number of carbonyl (C=O) groups is 1. The minimum atomic E-state index is -0.631. The number of aromatic nitrogens is 1. The molecule has 0 bridgehead atoms. The van der Waals surface area contributed by atoms with Crippen LogP contribution in [0, 0.1) is 17.0 Å². The van der Waals surface area contributed by atoms with Crippen molar-refractivity contribution in [2.45, 2.75) is 13.5 Å². The second-order valence-electron chi connectivity index (χ2n) is 4.32. The van der Waals surface area contributed by atoms with Crippen molar-refractivity contribution in [3.63, 3.8) is 0 Å². The van der Waals surface area contributed by atoms with Gasteiger partial charge in [-0.1, -0.05) is 23.7 Å². The third kappa shape index (κ3) is 3.76. The summed E-state index contributed by atoms with van der Waals surface area (Å²) in [6, 6.07) is 7.47. The second kappa shape index (κ2) is 6.32. The van der Waals surface area contributed by atoms with Gasteiger partial charge in [0.25, 0.3) is 5.69 Å². The summed E-state index contributed by atoms with van der Waals surface area (Å²) in [4.78, 5) is 26.1. The van der Waals surface area contributed by atoms with Gasteiger partial charge in [-0.25, -0.2) is 9.78 Å². The van der Waals surface area contributed by atoms with E-state index in [1.165, 1.54) is 24.4 Å². The van der Waals surface area contributed by atoms with Gasteiger partial charge in [0.15, 0.2) is 0 Å². The Balaban J connectivity index is 2.08. The Hall–Kier alpha value is -2.47. The first-order valence-corrected chi connectivity index (χ1v) is 6.38. The summed E-state index contributed by atoms with van der Waals surface area (Å²) in [6.45, 7) is 1.62. The average Bonchev–Trinajstić information content (AvgIpc) is 2.46. The Morgan fingerprint density at radius 2 is 2.14 bits per heavy atom. The molecule has 0 amide bonds. The molecule has 108 valence electrons. The number of benzene rings is 1. The number of hydrogen-bond acceptors (Lipinski definition) is 5. The van der Waals surface area contributed by atoms with E-state index >= 15 is 0 Å². The quantitative estimate of drug-likeness (QED) is 0.374. The SMILES string of the molecule is Cc1ccc(C(=O)OCc2ccc(Cl)nc2)cc1[N+](=O)[O-]. The van der Waals surface area contributed by atoms with E-state index in [9.17, 15) is 14.9 Å². The van der Waals surface area contributed by atoms with Crippen LogP contribution in [0.1, 0.15) is 21.5 Å². The van der Waals surface area contributed by atoms with Crippen LogP contribution in [0.15, 0.2) is 36.5 Å². The summed E-state index contributed by atoms with van der Waals surface area (Å²) in [6.07, 6.45) is 1.49. The fourth-order valence-electron chi connectivity index (χ4n) is 1.66. The van der Waals surface area contributed by atoms with Crippen molar-refractivity contribution in [2.24, 2.45) is 0 Å². The Morgan fingerprint density at radius 3 is 2.76 bits per heavy atom. The lowest BCUT2D eigenvalue weighted by Crippen LogP contribution is -2.06. The molecule has 0 radical (unpaired) electrons. The minimum absolute atomic E-state index is 0.0185. The summed E-state index contributed by atoms with van der Waals surface area (Å²) in [5.74, 6) is -0.631. The molecule has 1 heterocycles. The molecule has 0 aliphatic heterocycles. The molecule has 0 unspecified atom stereocenters. The molecule has 6 nitrogen and oxygen atoms in total. The van der Waals surface area contributed by atoms with Gasteiger partial charge in [-0.15, -0.1) is 0 Å². The molecule has 0 aliphatic rings. The highest BCUT2D eigenvalue weighted by atomic mass is 35.5. The Labute approximate surface area is 125 Å². The number of hydrogen-bond donors (Lipinski definition) is 0. The van der Waals surface area contributed by atoms with Crippen LogP contribution in [0.4, 0.5) is 5.69 Å². The number of esters is 1. The molecule has 2 aromatic rings. The van der Waals surface area contributed by atoms with Gasteiger partial charge in [0.1, 0.15) is 11.8 Å². The Morgan fingerprint density at radius 1 is 1.38 bits per heavy atom. The van der Waals surface area contributed by atoms with Crippen LogP contribution < -0.4 is 0 Å². The largest absolute Gasteiger partial charge is 0.457 e. The molecular formula is C14H11ClN2O4. The lowest BCUT2D eigenvalue weighted by atomic mass is 10.1. The molecule has 0 aliphatic carbocycles. The molecular weight excluding hydrogens is 296 g/mol. The molecule has 0 atom stereocenters. The molecule has 1 aromatic heterocycles. The first-order chi connectivity index (χ1) is 9.97. The maximum Gasteiger partial charge on any atom is 0.338 e. The normalized spacial score (nSPS) is 10.2. The van der Waals surface area contributed by atoms with Gasteiger partial charge < -0.3 is 4.74 Å². The van der Waals surface area contributed by atoms with Gasteiger partial charge in [0.05, 0.1) is 10.5 Å². The van der Waals surface area contributed by atoms with Crippen LogP contribution in [0.2, 0.25) is 5.15 Å². The molecule has 0 fully saturated rings. The number of rotatable bonds is 4. The number of pyridine rings is 1. The van der Waals surface area contributed by atoms with Crippen molar-refractivity contribution >= 4 is 23.3 Å². The zero-order chi connectivity index (χ0) is 15.4. The number of ether oxygens (including phenoxy) is 1. The van der Waals surface area contributed by atoms with Gasteiger partial charge in [0, 0.05) is 23.4 Å². The van der Waals surface area contributed by atoms with Crippen LogP contribution >= 0.6 is 11.6 Å². The number of halogens is 1. The van der Waals surface area contributed by atoms with Crippen molar-refractivity contribution in [2.75, 3.05) is 0 Å². The number of aryl methyl sites for hydroxylation is 1. The number of nitro groups is 1. The van der Waals surface area contributed by atoms with E-state index in [1.807, 2.05) is 0 Å². The van der Waals surface area contributed by atoms with Crippen molar-refractivity contribution in [3.05, 3.63) is 68.5 Å². The second-order valence-corrected chi connectivity index (χ2v) is 4.71. The molecule has 7 heteroatoms. The number of nitro benzene ring substituents is 1. The average molecular weight is 307 g/mol. The predicted octanol–water partition coefficient (Wildman–Crippen LogP) is 3.31. The third-order valence-electron chi connectivity index (χ3n) is 2.80. The van der Waals surface area contributed by atoms with Crippen LogP contribution in [0.5, 0.6) is 0 Å². The van der Waals surface area contributed by atoms with Crippen LogP contribution in [0.3, 0.4) is 0 Å². The highest BCUT2D eigenvalue weighted by Gasteiger charge is 2.15. The Kier molecular flexibility index (Phi) is 4.49. The van der Waals surface area contributed by atoms with E-state index in [4.69, 9.17) is 16.3 Å². The smallest absolute Gasteiger partial charge is 0.338 e. The van der Waals surface area contributed by atoms with E-state index in [0.29, 0.717) is 16.3 Å². The van der Waals surface area contributed by atoms with Gasteiger partial charge in [-0.2, -0.15) is 0 Å².